The Morgan fingerprint density at radius 3 is 2.79 bits per heavy atom. The average molecular weight is 370 g/mol. The molecule has 0 unspecified atom stereocenters. The first-order valence-electron chi connectivity index (χ1n) is 9.00. The molecule has 138 valence electrons. The van der Waals surface area contributed by atoms with Crippen LogP contribution in [0.15, 0.2) is 59.4 Å². The maximum Gasteiger partial charge on any atom is 0.235 e. The topological polar surface area (TPSA) is 81.7 Å². The molecule has 7 heteroatoms. The van der Waals surface area contributed by atoms with Crippen LogP contribution in [-0.2, 0) is 13.6 Å². The molecule has 0 aliphatic rings. The molecule has 0 amide bonds. The molecule has 0 bridgehead atoms. The van der Waals surface area contributed by atoms with E-state index in [9.17, 15) is 0 Å². The number of nitrogens with one attached hydrogen (secondary N) is 1. The maximum atomic E-state index is 5.44. The third kappa shape index (κ3) is 2.87. The number of fused-ring (bicyclic) bond motifs is 2. The van der Waals surface area contributed by atoms with Crippen molar-refractivity contribution in [3.63, 3.8) is 0 Å². The number of rotatable bonds is 4. The second-order valence-electron chi connectivity index (χ2n) is 6.72. The van der Waals surface area contributed by atoms with Gasteiger partial charge in [0.2, 0.25) is 11.8 Å². The van der Waals surface area contributed by atoms with Gasteiger partial charge in [-0.15, -0.1) is 10.2 Å². The van der Waals surface area contributed by atoms with E-state index < -0.39 is 0 Å². The number of anilines is 1. The molecule has 0 saturated carbocycles. The fourth-order valence-electron chi connectivity index (χ4n) is 3.41. The van der Waals surface area contributed by atoms with Crippen molar-refractivity contribution in [1.29, 1.82) is 0 Å². The van der Waals surface area contributed by atoms with E-state index in [1.807, 2.05) is 13.1 Å². The third-order valence-electron chi connectivity index (χ3n) is 4.78. The summed E-state index contributed by atoms with van der Waals surface area (Å²) in [6.07, 6.45) is 5.50. The molecule has 28 heavy (non-hydrogen) atoms. The van der Waals surface area contributed by atoms with Gasteiger partial charge in [-0.2, -0.15) is 0 Å². The molecule has 0 aliphatic heterocycles. The zero-order chi connectivity index (χ0) is 19.1. The molecule has 0 atom stereocenters. The minimum atomic E-state index is 0.447. The predicted molar refractivity (Wildman–Crippen MR) is 108 cm³/mol. The van der Waals surface area contributed by atoms with Crippen molar-refractivity contribution in [2.45, 2.75) is 13.5 Å². The van der Waals surface area contributed by atoms with Gasteiger partial charge in [-0.3, -0.25) is 9.97 Å². The zero-order valence-electron chi connectivity index (χ0n) is 15.5. The van der Waals surface area contributed by atoms with Crippen molar-refractivity contribution in [2.24, 2.45) is 7.05 Å². The van der Waals surface area contributed by atoms with Crippen LogP contribution in [-0.4, -0.2) is 24.7 Å². The summed E-state index contributed by atoms with van der Waals surface area (Å²) in [7, 11) is 2.05. The summed E-state index contributed by atoms with van der Waals surface area (Å²) in [4.78, 5) is 9.07. The lowest BCUT2D eigenvalue weighted by molar-refractivity contribution is 0.475. The predicted octanol–water partition coefficient (Wildman–Crippen LogP) is 4.09. The summed E-state index contributed by atoms with van der Waals surface area (Å²) < 4.78 is 7.56. The van der Waals surface area contributed by atoms with Crippen molar-refractivity contribution in [2.75, 3.05) is 5.32 Å². The molecule has 3 aromatic heterocycles. The van der Waals surface area contributed by atoms with Gasteiger partial charge in [-0.05, 0) is 35.2 Å². The van der Waals surface area contributed by atoms with Crippen LogP contribution in [0.1, 0.15) is 11.8 Å². The van der Waals surface area contributed by atoms with E-state index in [1.165, 1.54) is 10.9 Å². The maximum absolute atomic E-state index is 5.44. The first-order chi connectivity index (χ1) is 13.7. The minimum Gasteiger partial charge on any atom is -0.424 e. The first kappa shape index (κ1) is 16.4. The Morgan fingerprint density at radius 1 is 1.04 bits per heavy atom. The monoisotopic (exact) mass is 370 g/mol. The van der Waals surface area contributed by atoms with Crippen LogP contribution in [0, 0.1) is 6.92 Å². The highest BCUT2D eigenvalue weighted by Crippen LogP contribution is 2.32. The molecule has 7 nitrogen and oxygen atoms in total. The molecule has 1 N–H and O–H groups in total. The van der Waals surface area contributed by atoms with Crippen LogP contribution < -0.4 is 5.32 Å². The molecule has 0 saturated heterocycles. The van der Waals surface area contributed by atoms with Gasteiger partial charge in [-0.25, -0.2) is 0 Å². The van der Waals surface area contributed by atoms with E-state index in [0.717, 1.165) is 27.8 Å². The summed E-state index contributed by atoms with van der Waals surface area (Å²) in [6.45, 7) is 2.23. The summed E-state index contributed by atoms with van der Waals surface area (Å²) in [6, 6.07) is 12.6. The van der Waals surface area contributed by atoms with E-state index in [0.29, 0.717) is 18.3 Å². The Bertz CT molecular complexity index is 1300. The highest BCUT2D eigenvalue weighted by molar-refractivity contribution is 5.97. The lowest BCUT2D eigenvalue weighted by Gasteiger charge is -2.11. The Kier molecular flexibility index (Phi) is 3.79. The lowest BCUT2D eigenvalue weighted by Crippen LogP contribution is -2.01. The van der Waals surface area contributed by atoms with Gasteiger partial charge in [0.1, 0.15) is 0 Å². The molecule has 2 aromatic carbocycles. The van der Waals surface area contributed by atoms with Crippen LogP contribution in [0.4, 0.5) is 5.69 Å². The second kappa shape index (κ2) is 6.45. The molecule has 5 rings (SSSR count). The van der Waals surface area contributed by atoms with E-state index >= 15 is 0 Å². The molecule has 0 fully saturated rings. The smallest absolute Gasteiger partial charge is 0.235 e. The van der Waals surface area contributed by atoms with E-state index in [1.54, 1.807) is 19.3 Å². The van der Waals surface area contributed by atoms with Gasteiger partial charge in [0, 0.05) is 49.3 Å². The molecular formula is C21H18N6O. The SMILES string of the molecule is Cc1nnc(CNc2cc(-c3ccc4ccn(C)c4c3)c3nccnc3c2)o1. The van der Waals surface area contributed by atoms with Gasteiger partial charge >= 0.3 is 0 Å². The molecular weight excluding hydrogens is 352 g/mol. The highest BCUT2D eigenvalue weighted by atomic mass is 16.4. The van der Waals surface area contributed by atoms with Gasteiger partial charge in [-0.1, -0.05) is 12.1 Å². The van der Waals surface area contributed by atoms with Crippen molar-refractivity contribution < 1.29 is 4.42 Å². The standard InChI is InChI=1S/C21H18N6O/c1-13-25-26-20(28-13)12-24-16-10-17(21-18(11-16)22-6-7-23-21)15-4-3-14-5-8-27(2)19(14)9-15/h3-11,24H,12H2,1-2H3. The van der Waals surface area contributed by atoms with Crippen molar-refractivity contribution in [3.8, 4) is 11.1 Å². The molecule has 0 aliphatic carbocycles. The molecule has 3 heterocycles. The Labute approximate surface area is 161 Å². The van der Waals surface area contributed by atoms with Crippen molar-refractivity contribution in [1.82, 2.24) is 24.7 Å². The number of aromatic nitrogens is 5. The fourth-order valence-corrected chi connectivity index (χ4v) is 3.41. The Morgan fingerprint density at radius 2 is 1.93 bits per heavy atom. The van der Waals surface area contributed by atoms with Gasteiger partial charge in [0.15, 0.2) is 0 Å². The number of nitrogens with zero attached hydrogens (tertiary/aromatic N) is 5. The molecule has 5 aromatic rings. The van der Waals surface area contributed by atoms with Gasteiger partial charge in [0.25, 0.3) is 0 Å². The van der Waals surface area contributed by atoms with Crippen LogP contribution in [0.3, 0.4) is 0 Å². The van der Waals surface area contributed by atoms with Crippen molar-refractivity contribution in [3.05, 3.63) is 66.8 Å². The van der Waals surface area contributed by atoms with Crippen LogP contribution >= 0.6 is 0 Å². The summed E-state index contributed by atoms with van der Waals surface area (Å²) in [5.41, 5.74) is 5.92. The Hall–Kier alpha value is -3.74. The number of aryl methyl sites for hydroxylation is 2. The number of hydrogen-bond acceptors (Lipinski definition) is 6. The summed E-state index contributed by atoms with van der Waals surface area (Å²) >= 11 is 0. The van der Waals surface area contributed by atoms with Gasteiger partial charge < -0.3 is 14.3 Å². The van der Waals surface area contributed by atoms with E-state index in [-0.39, 0.29) is 0 Å². The molecule has 0 radical (unpaired) electrons. The molecule has 0 spiro atoms. The average Bonchev–Trinajstić information content (AvgIpc) is 3.31. The normalized spacial score (nSPS) is 11.4. The minimum absolute atomic E-state index is 0.447. The third-order valence-corrected chi connectivity index (χ3v) is 4.78. The van der Waals surface area contributed by atoms with Crippen LogP contribution in [0.25, 0.3) is 33.1 Å². The van der Waals surface area contributed by atoms with Gasteiger partial charge in [0.05, 0.1) is 17.6 Å². The van der Waals surface area contributed by atoms with E-state index in [2.05, 4.69) is 66.6 Å². The van der Waals surface area contributed by atoms with Crippen LogP contribution in [0.5, 0.6) is 0 Å². The summed E-state index contributed by atoms with van der Waals surface area (Å²) in [5.74, 6) is 1.10. The number of hydrogen-bond donors (Lipinski definition) is 1. The highest BCUT2D eigenvalue weighted by Gasteiger charge is 2.11. The quantitative estimate of drug-likeness (QED) is 0.513. The largest absolute Gasteiger partial charge is 0.424 e. The zero-order valence-corrected chi connectivity index (χ0v) is 15.5. The first-order valence-corrected chi connectivity index (χ1v) is 9.00. The second-order valence-corrected chi connectivity index (χ2v) is 6.72. The summed E-state index contributed by atoms with van der Waals surface area (Å²) in [5, 5.41) is 12.5. The van der Waals surface area contributed by atoms with Crippen LogP contribution in [0.2, 0.25) is 0 Å². The fraction of sp³-hybridized carbons (Fsp3) is 0.143. The van der Waals surface area contributed by atoms with E-state index in [4.69, 9.17) is 4.42 Å². The lowest BCUT2D eigenvalue weighted by atomic mass is 10.0. The van der Waals surface area contributed by atoms with Crippen molar-refractivity contribution >= 4 is 27.6 Å². The number of benzene rings is 2. The Balaban J connectivity index is 1.60.